The van der Waals surface area contributed by atoms with Crippen molar-refractivity contribution >= 4 is 0 Å². The summed E-state index contributed by atoms with van der Waals surface area (Å²) in [4.78, 5) is 4.52. The van der Waals surface area contributed by atoms with Crippen molar-refractivity contribution in [1.29, 1.82) is 0 Å². The van der Waals surface area contributed by atoms with E-state index in [9.17, 15) is 0 Å². The van der Waals surface area contributed by atoms with E-state index in [0.717, 1.165) is 37.0 Å². The van der Waals surface area contributed by atoms with Gasteiger partial charge >= 0.3 is 0 Å². The van der Waals surface area contributed by atoms with E-state index >= 15 is 0 Å². The lowest BCUT2D eigenvalue weighted by Crippen LogP contribution is -2.33. The lowest BCUT2D eigenvalue weighted by molar-refractivity contribution is 0.256. The Morgan fingerprint density at radius 3 is 2.94 bits per heavy atom. The van der Waals surface area contributed by atoms with Gasteiger partial charge in [0.25, 0.3) is 0 Å². The van der Waals surface area contributed by atoms with Crippen molar-refractivity contribution in [3.8, 4) is 0 Å². The lowest BCUT2D eigenvalue weighted by Gasteiger charge is -2.27. The SMILES string of the molecule is CCC(C)c1noc(CC(C)C2CCCNC2)n1. The Hall–Kier alpha value is -0.900. The predicted octanol–water partition coefficient (Wildman–Crippen LogP) is 2.76. The second-order valence-electron chi connectivity index (χ2n) is 5.64. The van der Waals surface area contributed by atoms with E-state index in [1.165, 1.54) is 19.4 Å². The van der Waals surface area contributed by atoms with Crippen LogP contribution in [0.3, 0.4) is 0 Å². The van der Waals surface area contributed by atoms with Crippen molar-refractivity contribution in [3.05, 3.63) is 11.7 Å². The average molecular weight is 251 g/mol. The fraction of sp³-hybridized carbons (Fsp3) is 0.857. The highest BCUT2D eigenvalue weighted by molar-refractivity contribution is 4.94. The van der Waals surface area contributed by atoms with E-state index in [1.54, 1.807) is 0 Å². The van der Waals surface area contributed by atoms with Crippen molar-refractivity contribution in [2.45, 2.75) is 52.4 Å². The first-order chi connectivity index (χ1) is 8.70. The highest BCUT2D eigenvalue weighted by Gasteiger charge is 2.22. The third-order valence-electron chi connectivity index (χ3n) is 4.17. The van der Waals surface area contributed by atoms with Gasteiger partial charge in [0.1, 0.15) is 0 Å². The molecule has 4 heteroatoms. The molecule has 1 aliphatic heterocycles. The molecule has 18 heavy (non-hydrogen) atoms. The molecule has 1 aliphatic rings. The van der Waals surface area contributed by atoms with Gasteiger partial charge in [-0.15, -0.1) is 0 Å². The topological polar surface area (TPSA) is 51.0 Å². The number of hydrogen-bond donors (Lipinski definition) is 1. The standard InChI is InChI=1S/C14H25N3O/c1-4-10(2)14-16-13(18-17-14)8-11(3)12-6-5-7-15-9-12/h10-12,15H,4-9H2,1-3H3. The number of piperidine rings is 1. The molecule has 0 amide bonds. The molecule has 0 radical (unpaired) electrons. The summed E-state index contributed by atoms with van der Waals surface area (Å²) in [6, 6.07) is 0. The van der Waals surface area contributed by atoms with E-state index in [2.05, 4.69) is 36.2 Å². The molecule has 2 heterocycles. The molecule has 0 aliphatic carbocycles. The van der Waals surface area contributed by atoms with Crippen molar-refractivity contribution in [2.24, 2.45) is 11.8 Å². The molecular weight excluding hydrogens is 226 g/mol. The van der Waals surface area contributed by atoms with Crippen LogP contribution in [0.25, 0.3) is 0 Å². The summed E-state index contributed by atoms with van der Waals surface area (Å²) in [6.45, 7) is 8.89. The molecule has 0 saturated carbocycles. The number of aromatic nitrogens is 2. The average Bonchev–Trinajstić information content (AvgIpc) is 2.87. The highest BCUT2D eigenvalue weighted by Crippen LogP contribution is 2.23. The van der Waals surface area contributed by atoms with Gasteiger partial charge in [-0.05, 0) is 44.2 Å². The molecular formula is C14H25N3O. The van der Waals surface area contributed by atoms with Gasteiger partial charge in [-0.1, -0.05) is 25.9 Å². The summed E-state index contributed by atoms with van der Waals surface area (Å²) in [5, 5.41) is 7.55. The first kappa shape index (κ1) is 13.5. The Balaban J connectivity index is 1.90. The molecule has 2 rings (SSSR count). The van der Waals surface area contributed by atoms with Gasteiger partial charge in [0, 0.05) is 12.3 Å². The zero-order valence-corrected chi connectivity index (χ0v) is 11.8. The largest absolute Gasteiger partial charge is 0.339 e. The fourth-order valence-corrected chi connectivity index (χ4v) is 2.54. The Labute approximate surface area is 110 Å². The molecule has 0 spiro atoms. The Morgan fingerprint density at radius 2 is 2.28 bits per heavy atom. The first-order valence-electron chi connectivity index (χ1n) is 7.23. The van der Waals surface area contributed by atoms with Crippen LogP contribution in [0.4, 0.5) is 0 Å². The summed E-state index contributed by atoms with van der Waals surface area (Å²) in [5.41, 5.74) is 0. The van der Waals surface area contributed by atoms with Crippen LogP contribution in [-0.2, 0) is 6.42 Å². The monoisotopic (exact) mass is 251 g/mol. The van der Waals surface area contributed by atoms with Gasteiger partial charge in [0.05, 0.1) is 0 Å². The molecule has 1 saturated heterocycles. The Morgan fingerprint density at radius 1 is 1.44 bits per heavy atom. The second-order valence-corrected chi connectivity index (χ2v) is 5.64. The van der Waals surface area contributed by atoms with Crippen LogP contribution in [0.2, 0.25) is 0 Å². The smallest absolute Gasteiger partial charge is 0.226 e. The second kappa shape index (κ2) is 6.32. The van der Waals surface area contributed by atoms with Gasteiger partial charge in [-0.25, -0.2) is 0 Å². The summed E-state index contributed by atoms with van der Waals surface area (Å²) in [5.74, 6) is 3.43. The van der Waals surface area contributed by atoms with Gasteiger partial charge in [0.15, 0.2) is 5.82 Å². The van der Waals surface area contributed by atoms with E-state index in [4.69, 9.17) is 4.52 Å². The third-order valence-corrected chi connectivity index (χ3v) is 4.17. The zero-order valence-electron chi connectivity index (χ0n) is 11.8. The summed E-state index contributed by atoms with van der Waals surface area (Å²) >= 11 is 0. The van der Waals surface area contributed by atoms with Gasteiger partial charge < -0.3 is 9.84 Å². The molecule has 3 unspecified atom stereocenters. The molecule has 4 nitrogen and oxygen atoms in total. The normalized spacial score (nSPS) is 23.8. The summed E-state index contributed by atoms with van der Waals surface area (Å²) in [6.07, 6.45) is 4.58. The van der Waals surface area contributed by atoms with Crippen LogP contribution in [0.5, 0.6) is 0 Å². The van der Waals surface area contributed by atoms with Crippen LogP contribution in [-0.4, -0.2) is 23.2 Å². The maximum Gasteiger partial charge on any atom is 0.226 e. The molecule has 1 N–H and O–H groups in total. The molecule has 1 aromatic heterocycles. The minimum Gasteiger partial charge on any atom is -0.339 e. The lowest BCUT2D eigenvalue weighted by atomic mass is 9.85. The highest BCUT2D eigenvalue weighted by atomic mass is 16.5. The molecule has 102 valence electrons. The molecule has 1 aromatic rings. The first-order valence-corrected chi connectivity index (χ1v) is 7.23. The minimum atomic E-state index is 0.397. The maximum absolute atomic E-state index is 5.37. The molecule has 0 bridgehead atoms. The summed E-state index contributed by atoms with van der Waals surface area (Å²) in [7, 11) is 0. The number of hydrogen-bond acceptors (Lipinski definition) is 4. The van der Waals surface area contributed by atoms with Crippen LogP contribution < -0.4 is 5.32 Å². The van der Waals surface area contributed by atoms with Crippen molar-refractivity contribution in [1.82, 2.24) is 15.5 Å². The van der Waals surface area contributed by atoms with Crippen molar-refractivity contribution < 1.29 is 4.52 Å². The maximum atomic E-state index is 5.37. The van der Waals surface area contributed by atoms with Crippen molar-refractivity contribution in [2.75, 3.05) is 13.1 Å². The van der Waals surface area contributed by atoms with Gasteiger partial charge in [0.2, 0.25) is 5.89 Å². The van der Waals surface area contributed by atoms with Crippen molar-refractivity contribution in [3.63, 3.8) is 0 Å². The Bertz CT molecular complexity index is 358. The quantitative estimate of drug-likeness (QED) is 0.874. The molecule has 0 aromatic carbocycles. The van der Waals surface area contributed by atoms with E-state index in [0.29, 0.717) is 11.8 Å². The fourth-order valence-electron chi connectivity index (χ4n) is 2.54. The molecule has 1 fully saturated rings. The number of nitrogens with zero attached hydrogens (tertiary/aromatic N) is 2. The van der Waals surface area contributed by atoms with Gasteiger partial charge in [-0.2, -0.15) is 4.98 Å². The number of nitrogens with one attached hydrogen (secondary N) is 1. The van der Waals surface area contributed by atoms with Crippen LogP contribution in [0, 0.1) is 11.8 Å². The number of rotatable bonds is 5. The predicted molar refractivity (Wildman–Crippen MR) is 71.5 cm³/mol. The van der Waals surface area contributed by atoms with E-state index in [1.807, 2.05) is 0 Å². The van der Waals surface area contributed by atoms with E-state index < -0.39 is 0 Å². The minimum absolute atomic E-state index is 0.397. The summed E-state index contributed by atoms with van der Waals surface area (Å²) < 4.78 is 5.37. The molecule has 3 atom stereocenters. The third kappa shape index (κ3) is 3.31. The van der Waals surface area contributed by atoms with E-state index in [-0.39, 0.29) is 0 Å². The zero-order chi connectivity index (χ0) is 13.0. The van der Waals surface area contributed by atoms with Gasteiger partial charge in [-0.3, -0.25) is 0 Å². The van der Waals surface area contributed by atoms with Crippen LogP contribution >= 0.6 is 0 Å². The van der Waals surface area contributed by atoms with Crippen LogP contribution in [0.15, 0.2) is 4.52 Å². The van der Waals surface area contributed by atoms with Crippen LogP contribution in [0.1, 0.15) is 57.7 Å². The Kier molecular flexibility index (Phi) is 4.75.